The van der Waals surface area contributed by atoms with Crippen molar-refractivity contribution in [2.24, 2.45) is 17.6 Å². The third kappa shape index (κ3) is 6.18. The Labute approximate surface area is 172 Å². The molecule has 1 aliphatic rings. The standard InChI is InChI=1S/C22H34N2O5/c1-15(2)18-9-4-5-11-22(18,27)21(26)24-12-10-16-7-6-8-17(13-16)29-14-19(23)20(25)28-3/h6-8,13,15,18-19,27H,4-5,9-12,14,23H2,1-3H3,(H,24,26)/t18-,19-,22-/m0/s1. The van der Waals surface area contributed by atoms with E-state index in [9.17, 15) is 14.7 Å². The van der Waals surface area contributed by atoms with Crippen molar-refractivity contribution in [3.05, 3.63) is 29.8 Å². The Hall–Kier alpha value is -2.12. The molecular formula is C22H34N2O5. The fourth-order valence-corrected chi connectivity index (χ4v) is 4.02. The van der Waals surface area contributed by atoms with Gasteiger partial charge in [-0.1, -0.05) is 38.8 Å². The summed E-state index contributed by atoms with van der Waals surface area (Å²) in [5.41, 5.74) is 5.37. The average Bonchev–Trinajstić information content (AvgIpc) is 2.71. The van der Waals surface area contributed by atoms with Gasteiger partial charge < -0.3 is 25.6 Å². The second kappa shape index (κ2) is 10.6. The van der Waals surface area contributed by atoms with Gasteiger partial charge in [0.15, 0.2) is 0 Å². The monoisotopic (exact) mass is 406 g/mol. The van der Waals surface area contributed by atoms with E-state index in [1.165, 1.54) is 7.11 Å². The zero-order valence-corrected chi connectivity index (χ0v) is 17.6. The van der Waals surface area contributed by atoms with Crippen LogP contribution in [0.15, 0.2) is 24.3 Å². The van der Waals surface area contributed by atoms with Crippen molar-refractivity contribution in [1.82, 2.24) is 5.32 Å². The topological polar surface area (TPSA) is 111 Å². The smallest absolute Gasteiger partial charge is 0.326 e. The number of methoxy groups -OCH3 is 1. The van der Waals surface area contributed by atoms with Crippen molar-refractivity contribution < 1.29 is 24.2 Å². The van der Waals surface area contributed by atoms with Crippen LogP contribution in [0.2, 0.25) is 0 Å². The molecule has 2 rings (SSSR count). The molecule has 1 aliphatic carbocycles. The first-order valence-corrected chi connectivity index (χ1v) is 10.3. The van der Waals surface area contributed by atoms with E-state index in [-0.39, 0.29) is 24.3 Å². The molecule has 0 heterocycles. The highest BCUT2D eigenvalue weighted by Crippen LogP contribution is 2.38. The molecule has 0 aliphatic heterocycles. The molecule has 1 fully saturated rings. The molecule has 0 bridgehead atoms. The molecule has 1 aromatic rings. The number of nitrogens with two attached hydrogens (primary N) is 1. The Morgan fingerprint density at radius 1 is 1.34 bits per heavy atom. The molecule has 1 saturated carbocycles. The number of rotatable bonds is 9. The Bertz CT molecular complexity index is 694. The van der Waals surface area contributed by atoms with E-state index in [0.717, 1.165) is 24.8 Å². The first kappa shape index (κ1) is 23.2. The predicted molar refractivity (Wildman–Crippen MR) is 110 cm³/mol. The second-order valence-corrected chi connectivity index (χ2v) is 8.11. The minimum absolute atomic E-state index is 0.00741. The van der Waals surface area contributed by atoms with Gasteiger partial charge in [-0.25, -0.2) is 0 Å². The lowest BCUT2D eigenvalue weighted by atomic mass is 9.69. The zero-order chi connectivity index (χ0) is 21.4. The summed E-state index contributed by atoms with van der Waals surface area (Å²) in [6, 6.07) is 6.57. The van der Waals surface area contributed by atoms with Crippen LogP contribution in [0.5, 0.6) is 5.75 Å². The predicted octanol–water partition coefficient (Wildman–Crippen LogP) is 1.80. The Kier molecular flexibility index (Phi) is 8.46. The summed E-state index contributed by atoms with van der Waals surface area (Å²) >= 11 is 0. The van der Waals surface area contributed by atoms with Crippen LogP contribution in [0.3, 0.4) is 0 Å². The summed E-state index contributed by atoms with van der Waals surface area (Å²) in [5, 5.41) is 13.9. The van der Waals surface area contributed by atoms with E-state index < -0.39 is 17.6 Å². The van der Waals surface area contributed by atoms with Gasteiger partial charge in [0.2, 0.25) is 0 Å². The van der Waals surface area contributed by atoms with E-state index >= 15 is 0 Å². The van der Waals surface area contributed by atoms with E-state index in [1.807, 2.05) is 18.2 Å². The number of aliphatic hydroxyl groups is 1. The first-order valence-electron chi connectivity index (χ1n) is 10.3. The Morgan fingerprint density at radius 3 is 2.79 bits per heavy atom. The minimum atomic E-state index is -1.28. The summed E-state index contributed by atoms with van der Waals surface area (Å²) in [7, 11) is 1.28. The number of amides is 1. The number of hydrogen-bond donors (Lipinski definition) is 3. The van der Waals surface area contributed by atoms with Crippen LogP contribution in [0, 0.1) is 11.8 Å². The highest BCUT2D eigenvalue weighted by Gasteiger charge is 2.46. The van der Waals surface area contributed by atoms with Gasteiger partial charge >= 0.3 is 5.97 Å². The van der Waals surface area contributed by atoms with E-state index in [4.69, 9.17) is 10.5 Å². The molecule has 0 spiro atoms. The maximum absolute atomic E-state index is 12.7. The van der Waals surface area contributed by atoms with E-state index in [2.05, 4.69) is 23.9 Å². The lowest BCUT2D eigenvalue weighted by Crippen LogP contribution is -2.55. The highest BCUT2D eigenvalue weighted by atomic mass is 16.5. The molecular weight excluding hydrogens is 372 g/mol. The fourth-order valence-electron chi connectivity index (χ4n) is 4.02. The van der Waals surface area contributed by atoms with Gasteiger partial charge in [-0.2, -0.15) is 0 Å². The number of benzene rings is 1. The lowest BCUT2D eigenvalue weighted by molar-refractivity contribution is -0.153. The van der Waals surface area contributed by atoms with E-state index in [0.29, 0.717) is 25.1 Å². The summed E-state index contributed by atoms with van der Waals surface area (Å²) in [6.45, 7) is 4.57. The fraction of sp³-hybridized carbons (Fsp3) is 0.636. The van der Waals surface area contributed by atoms with E-state index in [1.54, 1.807) is 6.07 Å². The zero-order valence-electron chi connectivity index (χ0n) is 17.6. The van der Waals surface area contributed by atoms with Crippen molar-refractivity contribution in [2.45, 2.75) is 57.6 Å². The van der Waals surface area contributed by atoms with Gasteiger partial charge in [0, 0.05) is 6.54 Å². The molecule has 3 atom stereocenters. The van der Waals surface area contributed by atoms with Crippen LogP contribution in [-0.2, 0) is 20.7 Å². The SMILES string of the molecule is COC(=O)[C@@H](N)COc1cccc(CCNC(=O)[C@]2(O)CCCC[C@H]2C(C)C)c1. The normalized spacial score (nSPS) is 22.8. The van der Waals surface area contributed by atoms with Crippen LogP contribution < -0.4 is 15.8 Å². The Morgan fingerprint density at radius 2 is 2.10 bits per heavy atom. The van der Waals surface area contributed by atoms with Crippen molar-refractivity contribution in [3.8, 4) is 5.75 Å². The first-order chi connectivity index (χ1) is 13.8. The van der Waals surface area contributed by atoms with Crippen LogP contribution in [0.1, 0.15) is 45.1 Å². The molecule has 0 aromatic heterocycles. The molecule has 1 amide bonds. The molecule has 0 unspecified atom stereocenters. The minimum Gasteiger partial charge on any atom is -0.491 e. The number of hydrogen-bond acceptors (Lipinski definition) is 6. The number of carbonyl (C=O) groups is 2. The quantitative estimate of drug-likeness (QED) is 0.539. The van der Waals surface area contributed by atoms with Crippen LogP contribution >= 0.6 is 0 Å². The summed E-state index contributed by atoms with van der Waals surface area (Å²) < 4.78 is 10.1. The van der Waals surface area contributed by atoms with Gasteiger partial charge in [0.05, 0.1) is 7.11 Å². The van der Waals surface area contributed by atoms with Gasteiger partial charge in [-0.3, -0.25) is 9.59 Å². The van der Waals surface area contributed by atoms with Crippen LogP contribution in [0.25, 0.3) is 0 Å². The van der Waals surface area contributed by atoms with Gasteiger partial charge in [-0.05, 0) is 48.8 Å². The molecule has 7 heteroatoms. The molecule has 4 N–H and O–H groups in total. The number of ether oxygens (including phenoxy) is 2. The van der Waals surface area contributed by atoms with Crippen molar-refractivity contribution in [3.63, 3.8) is 0 Å². The Balaban J connectivity index is 1.87. The number of carbonyl (C=O) groups excluding carboxylic acids is 2. The van der Waals surface area contributed by atoms with Crippen LogP contribution in [0.4, 0.5) is 0 Å². The second-order valence-electron chi connectivity index (χ2n) is 8.11. The third-order valence-electron chi connectivity index (χ3n) is 5.67. The van der Waals surface area contributed by atoms with Gasteiger partial charge in [0.25, 0.3) is 5.91 Å². The number of nitrogens with one attached hydrogen (secondary N) is 1. The third-order valence-corrected chi connectivity index (χ3v) is 5.67. The maximum atomic E-state index is 12.7. The summed E-state index contributed by atoms with van der Waals surface area (Å²) in [6.07, 6.45) is 3.94. The summed E-state index contributed by atoms with van der Waals surface area (Å²) in [4.78, 5) is 24.1. The lowest BCUT2D eigenvalue weighted by Gasteiger charge is -2.40. The van der Waals surface area contributed by atoms with Crippen molar-refractivity contribution in [2.75, 3.05) is 20.3 Å². The average molecular weight is 407 g/mol. The summed E-state index contributed by atoms with van der Waals surface area (Å²) in [5.74, 6) is 0.0544. The number of esters is 1. The van der Waals surface area contributed by atoms with Crippen LogP contribution in [-0.4, -0.2) is 48.9 Å². The van der Waals surface area contributed by atoms with Gasteiger partial charge in [0.1, 0.15) is 24.0 Å². The molecule has 162 valence electrons. The highest BCUT2D eigenvalue weighted by molar-refractivity contribution is 5.85. The van der Waals surface area contributed by atoms with Crippen molar-refractivity contribution in [1.29, 1.82) is 0 Å². The largest absolute Gasteiger partial charge is 0.491 e. The van der Waals surface area contributed by atoms with Crippen molar-refractivity contribution >= 4 is 11.9 Å². The van der Waals surface area contributed by atoms with Gasteiger partial charge in [-0.15, -0.1) is 0 Å². The maximum Gasteiger partial charge on any atom is 0.326 e. The molecule has 0 radical (unpaired) electrons. The molecule has 7 nitrogen and oxygen atoms in total. The molecule has 0 saturated heterocycles. The molecule has 29 heavy (non-hydrogen) atoms. The molecule has 1 aromatic carbocycles.